The van der Waals surface area contributed by atoms with Crippen LogP contribution in [0.1, 0.15) is 27.7 Å². The van der Waals surface area contributed by atoms with Crippen molar-refractivity contribution in [1.82, 2.24) is 0 Å². The zero-order valence-corrected chi connectivity index (χ0v) is 17.1. The Morgan fingerprint density at radius 2 is 1.11 bits per heavy atom. The number of rotatable bonds is 7. The predicted octanol–water partition coefficient (Wildman–Crippen LogP) is 5.56. The molecule has 0 unspecified atom stereocenters. The number of hydrogen-bond donors (Lipinski definition) is 0. The highest BCUT2D eigenvalue weighted by atomic mass is 16.5. The molecule has 0 saturated carbocycles. The van der Waals surface area contributed by atoms with Crippen LogP contribution in [-0.4, -0.2) is 20.9 Å². The fourth-order valence-electron chi connectivity index (χ4n) is 2.67. The van der Waals surface area contributed by atoms with E-state index in [0.717, 1.165) is 22.5 Å². The van der Waals surface area contributed by atoms with Crippen LogP contribution in [0.25, 0.3) is 0 Å². The second-order valence-corrected chi connectivity index (χ2v) is 8.07. The number of anilines is 3. The average Bonchev–Trinajstić information content (AvgIpc) is 2.68. The molecule has 0 spiro atoms. The Morgan fingerprint density at radius 3 is 1.54 bits per heavy atom. The van der Waals surface area contributed by atoms with Crippen LogP contribution in [0, 0.1) is 0 Å². The van der Waals surface area contributed by atoms with Crippen LogP contribution >= 0.6 is 0 Å². The summed E-state index contributed by atoms with van der Waals surface area (Å²) in [6.45, 7) is 7.96. The van der Waals surface area contributed by atoms with E-state index in [9.17, 15) is 0 Å². The first kappa shape index (κ1) is 20.3. The fourth-order valence-corrected chi connectivity index (χ4v) is 2.67. The van der Waals surface area contributed by atoms with Crippen LogP contribution in [0.2, 0.25) is 5.31 Å². The van der Waals surface area contributed by atoms with Gasteiger partial charge in [-0.05, 0) is 55.6 Å². The fraction of sp³-hybridized carbons (Fsp3) is 0.250. The summed E-state index contributed by atoms with van der Waals surface area (Å²) < 4.78 is 5.99. The van der Waals surface area contributed by atoms with Crippen molar-refractivity contribution < 1.29 is 4.65 Å². The first-order valence-electron chi connectivity index (χ1n) is 9.58. The first-order chi connectivity index (χ1) is 13.3. The molecule has 3 radical (unpaired) electrons. The molecule has 0 atom stereocenters. The summed E-state index contributed by atoms with van der Waals surface area (Å²) in [5, 5.41) is -0.444. The van der Waals surface area contributed by atoms with E-state index in [1.165, 1.54) is 0 Å². The molecule has 28 heavy (non-hydrogen) atoms. The van der Waals surface area contributed by atoms with Crippen molar-refractivity contribution in [2.24, 2.45) is 0 Å². The Labute approximate surface area is 171 Å². The van der Waals surface area contributed by atoms with E-state index >= 15 is 0 Å². The van der Waals surface area contributed by atoms with Gasteiger partial charge in [0, 0.05) is 22.7 Å². The number of hydrogen-bond acceptors (Lipinski definition) is 2. The van der Waals surface area contributed by atoms with Crippen molar-refractivity contribution in [1.29, 1.82) is 0 Å². The first-order valence-corrected chi connectivity index (χ1v) is 9.58. The molecule has 3 aromatic rings. The van der Waals surface area contributed by atoms with Crippen molar-refractivity contribution >= 4 is 37.9 Å². The minimum absolute atomic E-state index is 0.444. The molecule has 0 saturated heterocycles. The Balaban J connectivity index is 1.83. The molecule has 0 N–H and O–H groups in total. The maximum atomic E-state index is 6.22. The quantitative estimate of drug-likeness (QED) is 0.508. The molecule has 2 nitrogen and oxygen atoms in total. The topological polar surface area (TPSA) is 12.5 Å². The Bertz CT molecular complexity index is 832. The molecular weight excluding hydrogens is 340 g/mol. The molecule has 0 heterocycles. The number of nitrogens with zero attached hydrogens (tertiary/aromatic N) is 1. The Morgan fingerprint density at radius 1 is 0.679 bits per heavy atom. The summed E-state index contributed by atoms with van der Waals surface area (Å²) in [7, 11) is 8.00. The maximum Gasteiger partial charge on any atom is 0.330 e. The van der Waals surface area contributed by atoms with Gasteiger partial charge in [-0.2, -0.15) is 0 Å². The smallest absolute Gasteiger partial charge is 0.330 e. The van der Waals surface area contributed by atoms with Crippen LogP contribution in [0.15, 0.2) is 84.9 Å². The zero-order valence-electron chi connectivity index (χ0n) is 17.1. The van der Waals surface area contributed by atoms with Gasteiger partial charge in [-0.3, -0.25) is 0 Å². The monoisotopic (exact) mass is 366 g/mol. The van der Waals surface area contributed by atoms with E-state index in [1.54, 1.807) is 7.48 Å². The van der Waals surface area contributed by atoms with Gasteiger partial charge < -0.3 is 9.55 Å². The van der Waals surface area contributed by atoms with E-state index < -0.39 is 10.9 Å². The van der Waals surface area contributed by atoms with Crippen molar-refractivity contribution in [3.05, 3.63) is 84.9 Å². The maximum absolute atomic E-state index is 6.22. The van der Waals surface area contributed by atoms with Crippen molar-refractivity contribution in [3.8, 4) is 0 Å². The molecule has 0 aliphatic heterocycles. The lowest BCUT2D eigenvalue weighted by Gasteiger charge is -2.39. The van der Waals surface area contributed by atoms with Gasteiger partial charge in [-0.25, -0.2) is 0 Å². The summed E-state index contributed by atoms with van der Waals surface area (Å²) >= 11 is 0. The van der Waals surface area contributed by atoms with Crippen LogP contribution in [-0.2, 0) is 4.65 Å². The zero-order chi connectivity index (χ0) is 20.2. The van der Waals surface area contributed by atoms with Gasteiger partial charge in [0.25, 0.3) is 0 Å². The van der Waals surface area contributed by atoms with Crippen LogP contribution in [0.3, 0.4) is 0 Å². The normalized spacial score (nSPS) is 11.9. The van der Waals surface area contributed by atoms with Gasteiger partial charge in [0.05, 0.1) is 7.85 Å². The third kappa shape index (κ3) is 4.69. The standard InChI is InChI=1S/C24H26B2NO/c1-23(2,25)24(3,4)28-26-19-15-17-22(18-16-19)27(20-11-7-5-8-12-20)21-13-9-6-10-14-21/h5-18H,1-4H3. The molecule has 0 aromatic heterocycles. The highest BCUT2D eigenvalue weighted by molar-refractivity contribution is 6.47. The largest absolute Gasteiger partial charge is 0.430 e. The molecule has 0 fully saturated rings. The third-order valence-corrected chi connectivity index (χ3v) is 5.22. The SMILES string of the molecule is [B]C(C)(C)C(C)(C)O[B]c1ccc(N(c2ccccc2)c2ccccc2)cc1. The molecule has 139 valence electrons. The number of benzene rings is 3. The predicted molar refractivity (Wildman–Crippen MR) is 121 cm³/mol. The van der Waals surface area contributed by atoms with Crippen LogP contribution in [0.5, 0.6) is 0 Å². The molecule has 0 aliphatic carbocycles. The molecule has 4 heteroatoms. The van der Waals surface area contributed by atoms with Crippen molar-refractivity contribution in [2.45, 2.75) is 38.6 Å². The van der Waals surface area contributed by atoms with Gasteiger partial charge in [0.1, 0.15) is 0 Å². The lowest BCUT2D eigenvalue weighted by molar-refractivity contribution is 0.0767. The van der Waals surface area contributed by atoms with E-state index in [1.807, 2.05) is 39.8 Å². The van der Waals surface area contributed by atoms with Crippen molar-refractivity contribution in [3.63, 3.8) is 0 Å². The lowest BCUT2D eigenvalue weighted by atomic mass is 9.61. The second kappa shape index (κ2) is 8.28. The summed E-state index contributed by atoms with van der Waals surface area (Å²) in [5.41, 5.74) is 3.86. The van der Waals surface area contributed by atoms with Crippen LogP contribution in [0.4, 0.5) is 17.1 Å². The third-order valence-electron chi connectivity index (χ3n) is 5.22. The summed E-state index contributed by atoms with van der Waals surface area (Å²) in [6, 6.07) is 29.1. The lowest BCUT2D eigenvalue weighted by Crippen LogP contribution is -2.40. The molecule has 0 aliphatic rings. The van der Waals surface area contributed by atoms with Gasteiger partial charge in [-0.1, -0.05) is 67.8 Å². The minimum atomic E-state index is -0.466. The second-order valence-electron chi connectivity index (χ2n) is 8.07. The molecule has 3 rings (SSSR count). The highest BCUT2D eigenvalue weighted by Gasteiger charge is 2.32. The highest BCUT2D eigenvalue weighted by Crippen LogP contribution is 2.37. The Kier molecular flexibility index (Phi) is 6.00. The molecule has 3 aromatic carbocycles. The van der Waals surface area contributed by atoms with E-state index in [0.29, 0.717) is 0 Å². The molecule has 0 amide bonds. The minimum Gasteiger partial charge on any atom is -0.430 e. The summed E-state index contributed by atoms with van der Waals surface area (Å²) in [5.74, 6) is 0. The Hall–Kier alpha value is -2.45. The molecule has 0 bridgehead atoms. The van der Waals surface area contributed by atoms with Gasteiger partial charge in [0.15, 0.2) is 0 Å². The average molecular weight is 366 g/mol. The number of para-hydroxylation sites is 2. The van der Waals surface area contributed by atoms with Gasteiger partial charge >= 0.3 is 7.48 Å². The van der Waals surface area contributed by atoms with E-state index in [2.05, 4.69) is 77.7 Å². The van der Waals surface area contributed by atoms with Gasteiger partial charge in [0.2, 0.25) is 0 Å². The molecular formula is C24H26B2NO. The van der Waals surface area contributed by atoms with Crippen molar-refractivity contribution in [2.75, 3.05) is 4.90 Å². The van der Waals surface area contributed by atoms with Crippen LogP contribution < -0.4 is 10.4 Å². The van der Waals surface area contributed by atoms with Gasteiger partial charge in [-0.15, -0.1) is 0 Å². The summed E-state index contributed by atoms with van der Waals surface area (Å²) in [6.07, 6.45) is 0. The van der Waals surface area contributed by atoms with E-state index in [4.69, 9.17) is 12.5 Å². The summed E-state index contributed by atoms with van der Waals surface area (Å²) in [4.78, 5) is 2.23. The van der Waals surface area contributed by atoms with E-state index in [-0.39, 0.29) is 0 Å².